The Labute approximate surface area is 163 Å². The summed E-state index contributed by atoms with van der Waals surface area (Å²) in [6.45, 7) is 0.437. The van der Waals surface area contributed by atoms with Crippen molar-refractivity contribution in [2.45, 2.75) is 6.61 Å². The second-order valence-corrected chi connectivity index (χ2v) is 6.11. The van der Waals surface area contributed by atoms with Crippen molar-refractivity contribution >= 4 is 28.9 Å². The SMILES string of the molecule is O=C(NC(=S)NNc1ccccc1)c1cccc(OCc2ccccc2)c1. The van der Waals surface area contributed by atoms with Crippen LogP contribution in [0.25, 0.3) is 0 Å². The maximum absolute atomic E-state index is 12.4. The molecule has 0 saturated carbocycles. The molecule has 0 radical (unpaired) electrons. The van der Waals surface area contributed by atoms with Crippen LogP contribution in [-0.2, 0) is 6.61 Å². The number of ether oxygens (including phenoxy) is 1. The van der Waals surface area contributed by atoms with Crippen LogP contribution in [0.2, 0.25) is 0 Å². The van der Waals surface area contributed by atoms with Crippen LogP contribution in [0.3, 0.4) is 0 Å². The lowest BCUT2D eigenvalue weighted by molar-refractivity contribution is 0.0976. The van der Waals surface area contributed by atoms with Gasteiger partial charge in [-0.15, -0.1) is 0 Å². The van der Waals surface area contributed by atoms with Gasteiger partial charge in [-0.1, -0.05) is 54.6 Å². The van der Waals surface area contributed by atoms with Crippen molar-refractivity contribution in [3.8, 4) is 5.75 Å². The highest BCUT2D eigenvalue weighted by atomic mass is 32.1. The van der Waals surface area contributed by atoms with Crippen LogP contribution in [0.1, 0.15) is 15.9 Å². The van der Waals surface area contributed by atoms with E-state index in [4.69, 9.17) is 17.0 Å². The van der Waals surface area contributed by atoms with E-state index in [-0.39, 0.29) is 11.0 Å². The van der Waals surface area contributed by atoms with E-state index in [0.29, 0.717) is 17.9 Å². The van der Waals surface area contributed by atoms with Gasteiger partial charge >= 0.3 is 0 Å². The first-order valence-electron chi connectivity index (χ1n) is 8.40. The summed E-state index contributed by atoms with van der Waals surface area (Å²) in [6.07, 6.45) is 0. The fraction of sp³-hybridized carbons (Fsp3) is 0.0476. The number of nitrogens with one attached hydrogen (secondary N) is 3. The predicted molar refractivity (Wildman–Crippen MR) is 110 cm³/mol. The number of amides is 1. The van der Waals surface area contributed by atoms with Crippen LogP contribution in [0, 0.1) is 0 Å². The van der Waals surface area contributed by atoms with Crippen molar-refractivity contribution in [2.75, 3.05) is 5.43 Å². The van der Waals surface area contributed by atoms with E-state index < -0.39 is 0 Å². The molecule has 0 fully saturated rings. The summed E-state index contributed by atoms with van der Waals surface area (Å²) in [5.74, 6) is 0.306. The molecule has 0 aliphatic rings. The van der Waals surface area contributed by atoms with E-state index in [0.717, 1.165) is 11.3 Å². The Kier molecular flexibility index (Phi) is 6.38. The number of carbonyl (C=O) groups is 1. The summed E-state index contributed by atoms with van der Waals surface area (Å²) in [7, 11) is 0. The summed E-state index contributed by atoms with van der Waals surface area (Å²) in [5, 5.41) is 2.81. The topological polar surface area (TPSA) is 62.4 Å². The van der Waals surface area contributed by atoms with Crippen molar-refractivity contribution in [2.24, 2.45) is 0 Å². The first kappa shape index (κ1) is 18.4. The van der Waals surface area contributed by atoms with Gasteiger partial charge in [0.2, 0.25) is 0 Å². The van der Waals surface area contributed by atoms with Gasteiger partial charge in [0, 0.05) is 5.56 Å². The monoisotopic (exact) mass is 377 g/mol. The minimum atomic E-state index is -0.312. The molecule has 136 valence electrons. The zero-order valence-electron chi connectivity index (χ0n) is 14.5. The lowest BCUT2D eigenvalue weighted by Crippen LogP contribution is -2.41. The highest BCUT2D eigenvalue weighted by Gasteiger charge is 2.09. The highest BCUT2D eigenvalue weighted by Crippen LogP contribution is 2.15. The van der Waals surface area contributed by atoms with Gasteiger partial charge in [-0.3, -0.25) is 21.0 Å². The smallest absolute Gasteiger partial charge is 0.257 e. The molecule has 0 spiro atoms. The molecule has 3 rings (SSSR count). The molecular weight excluding hydrogens is 358 g/mol. The molecule has 0 saturated heterocycles. The molecule has 0 aliphatic heterocycles. The molecule has 27 heavy (non-hydrogen) atoms. The second kappa shape index (κ2) is 9.35. The first-order valence-corrected chi connectivity index (χ1v) is 8.81. The molecule has 0 aromatic heterocycles. The number of carbonyl (C=O) groups excluding carboxylic acids is 1. The number of hydrogen-bond donors (Lipinski definition) is 3. The quantitative estimate of drug-likeness (QED) is 0.449. The Morgan fingerprint density at radius 2 is 1.59 bits per heavy atom. The average Bonchev–Trinajstić information content (AvgIpc) is 2.72. The zero-order chi connectivity index (χ0) is 18.9. The summed E-state index contributed by atoms with van der Waals surface area (Å²) in [4.78, 5) is 12.4. The number of thiocarbonyl (C=S) groups is 1. The maximum Gasteiger partial charge on any atom is 0.257 e. The van der Waals surface area contributed by atoms with Gasteiger partial charge in [-0.25, -0.2) is 0 Å². The van der Waals surface area contributed by atoms with Gasteiger partial charge in [0.15, 0.2) is 5.11 Å². The first-order chi connectivity index (χ1) is 13.2. The van der Waals surface area contributed by atoms with Gasteiger partial charge in [-0.2, -0.15) is 0 Å². The fourth-order valence-electron chi connectivity index (χ4n) is 2.32. The summed E-state index contributed by atoms with van der Waals surface area (Å²) in [6, 6.07) is 26.3. The van der Waals surface area contributed by atoms with Gasteiger partial charge in [0.1, 0.15) is 12.4 Å². The number of hydrogen-bond acceptors (Lipinski definition) is 4. The van der Waals surface area contributed by atoms with E-state index >= 15 is 0 Å². The van der Waals surface area contributed by atoms with Crippen LogP contribution in [0.5, 0.6) is 5.75 Å². The van der Waals surface area contributed by atoms with Crippen molar-refractivity contribution in [3.63, 3.8) is 0 Å². The van der Waals surface area contributed by atoms with Crippen molar-refractivity contribution in [1.82, 2.24) is 10.7 Å². The Balaban J connectivity index is 1.52. The van der Waals surface area contributed by atoms with Crippen LogP contribution in [-0.4, -0.2) is 11.0 Å². The predicted octanol–water partition coefficient (Wildman–Crippen LogP) is 3.90. The number of benzene rings is 3. The summed E-state index contributed by atoms with van der Waals surface area (Å²) >= 11 is 5.14. The minimum Gasteiger partial charge on any atom is -0.489 e. The number of rotatable bonds is 6. The lowest BCUT2D eigenvalue weighted by atomic mass is 10.2. The van der Waals surface area contributed by atoms with Crippen LogP contribution in [0.15, 0.2) is 84.9 Å². The molecule has 0 unspecified atom stereocenters. The Hall–Kier alpha value is -3.38. The van der Waals surface area contributed by atoms with Crippen LogP contribution in [0.4, 0.5) is 5.69 Å². The molecule has 0 bridgehead atoms. The van der Waals surface area contributed by atoms with Crippen LogP contribution >= 0.6 is 12.2 Å². The Morgan fingerprint density at radius 3 is 2.33 bits per heavy atom. The second-order valence-electron chi connectivity index (χ2n) is 5.70. The summed E-state index contributed by atoms with van der Waals surface area (Å²) < 4.78 is 5.75. The van der Waals surface area contributed by atoms with Gasteiger partial charge in [0.05, 0.1) is 5.69 Å². The highest BCUT2D eigenvalue weighted by molar-refractivity contribution is 7.80. The van der Waals surface area contributed by atoms with E-state index in [2.05, 4.69) is 16.2 Å². The molecule has 0 heterocycles. The number of para-hydroxylation sites is 1. The third kappa shape index (κ3) is 5.83. The van der Waals surface area contributed by atoms with Crippen molar-refractivity contribution in [3.05, 3.63) is 96.1 Å². The van der Waals surface area contributed by atoms with Gasteiger partial charge in [-0.05, 0) is 48.1 Å². The normalized spacial score (nSPS) is 9.93. The Morgan fingerprint density at radius 1 is 0.889 bits per heavy atom. The fourth-order valence-corrected chi connectivity index (χ4v) is 2.47. The minimum absolute atomic E-state index is 0.180. The third-order valence-electron chi connectivity index (χ3n) is 3.67. The maximum atomic E-state index is 12.4. The zero-order valence-corrected chi connectivity index (χ0v) is 15.3. The van der Waals surface area contributed by atoms with E-state index in [1.807, 2.05) is 66.7 Å². The van der Waals surface area contributed by atoms with E-state index in [1.165, 1.54) is 0 Å². The molecule has 3 aromatic carbocycles. The van der Waals surface area contributed by atoms with Crippen LogP contribution < -0.4 is 20.9 Å². The molecule has 0 atom stereocenters. The standard InChI is InChI=1S/C21H19N3O2S/c25-20(22-21(27)24-23-18-11-5-2-6-12-18)17-10-7-13-19(14-17)26-15-16-8-3-1-4-9-16/h1-14,23H,15H2,(H2,22,24,25,27). The molecule has 0 aliphatic carbocycles. The van der Waals surface area contributed by atoms with Crippen molar-refractivity contribution < 1.29 is 9.53 Å². The number of hydrazine groups is 1. The average molecular weight is 377 g/mol. The Bertz CT molecular complexity index is 902. The van der Waals surface area contributed by atoms with Gasteiger partial charge in [0.25, 0.3) is 5.91 Å². The molecule has 3 N–H and O–H groups in total. The summed E-state index contributed by atoms with van der Waals surface area (Å²) in [5.41, 5.74) is 8.06. The number of anilines is 1. The third-order valence-corrected chi connectivity index (χ3v) is 3.87. The van der Waals surface area contributed by atoms with Gasteiger partial charge < -0.3 is 4.74 Å². The van der Waals surface area contributed by atoms with E-state index in [9.17, 15) is 4.79 Å². The molecule has 5 nitrogen and oxygen atoms in total. The molecular formula is C21H19N3O2S. The lowest BCUT2D eigenvalue weighted by Gasteiger charge is -2.12. The molecule has 6 heteroatoms. The van der Waals surface area contributed by atoms with Crippen molar-refractivity contribution in [1.29, 1.82) is 0 Å². The van der Waals surface area contributed by atoms with E-state index in [1.54, 1.807) is 18.2 Å². The molecule has 3 aromatic rings. The molecule has 1 amide bonds. The largest absolute Gasteiger partial charge is 0.489 e.